The molecular formula is C9H13N7O2. The first-order chi connectivity index (χ1) is 8.61. The topological polar surface area (TPSA) is 125 Å². The van der Waals surface area contributed by atoms with Crippen molar-refractivity contribution < 1.29 is 5.21 Å². The Bertz CT molecular complexity index is 629. The van der Waals surface area contributed by atoms with Crippen LogP contribution in [0.25, 0.3) is 5.65 Å². The molecule has 18 heavy (non-hydrogen) atoms. The average molecular weight is 251 g/mol. The molecular weight excluding hydrogens is 238 g/mol. The second-order valence-corrected chi connectivity index (χ2v) is 3.75. The Labute approximate surface area is 102 Å². The van der Waals surface area contributed by atoms with Gasteiger partial charge >= 0.3 is 5.69 Å². The van der Waals surface area contributed by atoms with Crippen LogP contribution in [-0.4, -0.2) is 44.4 Å². The van der Waals surface area contributed by atoms with Crippen LogP contribution in [0.2, 0.25) is 0 Å². The fraction of sp³-hybridized carbons (Fsp3) is 0.333. The van der Waals surface area contributed by atoms with Gasteiger partial charge in [0.05, 0.1) is 0 Å². The number of aromatic amines is 1. The zero-order valence-corrected chi connectivity index (χ0v) is 9.74. The molecule has 0 saturated carbocycles. The summed E-state index contributed by atoms with van der Waals surface area (Å²) in [7, 11) is 1.80. The molecule has 0 aromatic carbocycles. The van der Waals surface area contributed by atoms with Gasteiger partial charge in [-0.05, 0) is 12.1 Å². The van der Waals surface area contributed by atoms with Crippen LogP contribution in [-0.2, 0) is 0 Å². The first-order valence-corrected chi connectivity index (χ1v) is 5.24. The van der Waals surface area contributed by atoms with Crippen molar-refractivity contribution >= 4 is 17.3 Å². The Morgan fingerprint density at radius 1 is 1.67 bits per heavy atom. The summed E-state index contributed by atoms with van der Waals surface area (Å²) >= 11 is 0. The lowest BCUT2D eigenvalue weighted by molar-refractivity contribution is 0.317. The lowest BCUT2D eigenvalue weighted by Gasteiger charge is -2.16. The standard InChI is InChI=1S/C9H13N7O2/c1-15(5-4-6(10)14-18)8-3-2-7-11-12-9(17)16(7)13-8/h2-3,18H,4-5H2,1H3,(H2,10,14)(H,12,17). The van der Waals surface area contributed by atoms with Gasteiger partial charge in [0.25, 0.3) is 0 Å². The van der Waals surface area contributed by atoms with E-state index in [0.717, 1.165) is 0 Å². The molecule has 0 amide bonds. The number of oxime groups is 1. The van der Waals surface area contributed by atoms with E-state index in [-0.39, 0.29) is 5.84 Å². The van der Waals surface area contributed by atoms with Crippen molar-refractivity contribution in [1.29, 1.82) is 0 Å². The molecule has 0 aliphatic rings. The quantitative estimate of drug-likeness (QED) is 0.277. The third-order valence-electron chi connectivity index (χ3n) is 2.48. The molecule has 2 aromatic rings. The lowest BCUT2D eigenvalue weighted by Crippen LogP contribution is -2.26. The highest BCUT2D eigenvalue weighted by atomic mass is 16.4. The second-order valence-electron chi connectivity index (χ2n) is 3.75. The van der Waals surface area contributed by atoms with E-state index in [9.17, 15) is 4.79 Å². The molecule has 0 unspecified atom stereocenters. The summed E-state index contributed by atoms with van der Waals surface area (Å²) in [6.45, 7) is 0.515. The van der Waals surface area contributed by atoms with Crippen LogP contribution in [0.3, 0.4) is 0 Å². The number of rotatable bonds is 4. The van der Waals surface area contributed by atoms with Crippen LogP contribution in [0.5, 0.6) is 0 Å². The Morgan fingerprint density at radius 2 is 2.44 bits per heavy atom. The highest BCUT2D eigenvalue weighted by molar-refractivity contribution is 5.80. The number of hydrogen-bond donors (Lipinski definition) is 3. The normalized spacial score (nSPS) is 11.9. The fourth-order valence-electron chi connectivity index (χ4n) is 1.44. The van der Waals surface area contributed by atoms with Crippen molar-refractivity contribution in [3.05, 3.63) is 22.6 Å². The molecule has 0 aliphatic heterocycles. The number of hydrogen-bond acceptors (Lipinski definition) is 6. The number of nitrogens with two attached hydrogens (primary N) is 1. The average Bonchev–Trinajstić information content (AvgIpc) is 2.76. The van der Waals surface area contributed by atoms with Gasteiger partial charge in [0, 0.05) is 20.0 Å². The molecule has 2 aromatic heterocycles. The van der Waals surface area contributed by atoms with E-state index in [2.05, 4.69) is 20.5 Å². The molecule has 0 saturated heterocycles. The third-order valence-corrected chi connectivity index (χ3v) is 2.48. The third kappa shape index (κ3) is 2.24. The van der Waals surface area contributed by atoms with Gasteiger partial charge in [-0.25, -0.2) is 9.89 Å². The van der Waals surface area contributed by atoms with Crippen LogP contribution < -0.4 is 16.3 Å². The van der Waals surface area contributed by atoms with Crippen molar-refractivity contribution in [2.45, 2.75) is 6.42 Å². The zero-order chi connectivity index (χ0) is 13.1. The first-order valence-electron chi connectivity index (χ1n) is 5.24. The Kier molecular flexibility index (Phi) is 3.13. The smallest absolute Gasteiger partial charge is 0.364 e. The van der Waals surface area contributed by atoms with E-state index in [1.54, 1.807) is 24.1 Å². The molecule has 2 rings (SSSR count). The van der Waals surface area contributed by atoms with Gasteiger partial charge in [-0.3, -0.25) is 0 Å². The van der Waals surface area contributed by atoms with Gasteiger partial charge in [0.15, 0.2) is 5.65 Å². The minimum atomic E-state index is -0.392. The van der Waals surface area contributed by atoms with E-state index in [1.807, 2.05) is 0 Å². The lowest BCUT2D eigenvalue weighted by atomic mass is 10.3. The van der Waals surface area contributed by atoms with Crippen LogP contribution >= 0.6 is 0 Å². The Balaban J connectivity index is 2.19. The first kappa shape index (κ1) is 11.9. The number of amidine groups is 1. The van der Waals surface area contributed by atoms with E-state index < -0.39 is 5.69 Å². The Hall–Kier alpha value is -2.58. The number of H-pyrrole nitrogens is 1. The molecule has 9 heteroatoms. The van der Waals surface area contributed by atoms with Crippen molar-refractivity contribution in [1.82, 2.24) is 19.8 Å². The highest BCUT2D eigenvalue weighted by Gasteiger charge is 2.07. The maximum atomic E-state index is 11.4. The largest absolute Gasteiger partial charge is 0.409 e. The summed E-state index contributed by atoms with van der Waals surface area (Å²) in [5.74, 6) is 0.736. The van der Waals surface area contributed by atoms with Crippen LogP contribution in [0.1, 0.15) is 6.42 Å². The van der Waals surface area contributed by atoms with Crippen molar-refractivity contribution in [2.75, 3.05) is 18.5 Å². The monoisotopic (exact) mass is 251 g/mol. The summed E-state index contributed by atoms with van der Waals surface area (Å²) in [5.41, 5.74) is 5.44. The zero-order valence-electron chi connectivity index (χ0n) is 9.74. The van der Waals surface area contributed by atoms with E-state index in [0.29, 0.717) is 24.4 Å². The molecule has 0 atom stereocenters. The fourth-order valence-corrected chi connectivity index (χ4v) is 1.44. The number of nitrogens with one attached hydrogen (secondary N) is 1. The van der Waals surface area contributed by atoms with Crippen LogP contribution in [0.4, 0.5) is 5.82 Å². The van der Waals surface area contributed by atoms with Gasteiger partial charge in [0.1, 0.15) is 11.7 Å². The summed E-state index contributed by atoms with van der Waals surface area (Å²) < 4.78 is 1.18. The maximum Gasteiger partial charge on any atom is 0.364 e. The summed E-state index contributed by atoms with van der Waals surface area (Å²) in [5, 5.41) is 21.5. The molecule has 0 radical (unpaired) electrons. The molecule has 0 spiro atoms. The number of fused-ring (bicyclic) bond motifs is 1. The number of aromatic nitrogens is 4. The van der Waals surface area contributed by atoms with Crippen molar-refractivity contribution in [3.8, 4) is 0 Å². The highest BCUT2D eigenvalue weighted by Crippen LogP contribution is 2.08. The molecule has 96 valence electrons. The molecule has 4 N–H and O–H groups in total. The van der Waals surface area contributed by atoms with E-state index >= 15 is 0 Å². The number of nitrogens with zero attached hydrogens (tertiary/aromatic N) is 5. The SMILES string of the molecule is CN(CC/C(N)=N/O)c1ccc2n[nH]c(=O)n2n1. The van der Waals surface area contributed by atoms with E-state index in [4.69, 9.17) is 10.9 Å². The van der Waals surface area contributed by atoms with Crippen molar-refractivity contribution in [2.24, 2.45) is 10.9 Å². The Morgan fingerprint density at radius 3 is 3.17 bits per heavy atom. The molecule has 0 aliphatic carbocycles. The molecule has 2 heterocycles. The van der Waals surface area contributed by atoms with Gasteiger partial charge < -0.3 is 15.8 Å². The predicted molar refractivity (Wildman–Crippen MR) is 64.9 cm³/mol. The molecule has 9 nitrogen and oxygen atoms in total. The minimum Gasteiger partial charge on any atom is -0.409 e. The summed E-state index contributed by atoms with van der Waals surface area (Å²) in [6.07, 6.45) is 0.396. The summed E-state index contributed by atoms with van der Waals surface area (Å²) in [4.78, 5) is 13.1. The van der Waals surface area contributed by atoms with Gasteiger partial charge in [0.2, 0.25) is 0 Å². The van der Waals surface area contributed by atoms with Gasteiger partial charge in [-0.2, -0.15) is 9.61 Å². The van der Waals surface area contributed by atoms with Gasteiger partial charge in [-0.15, -0.1) is 5.10 Å². The molecule has 0 bridgehead atoms. The van der Waals surface area contributed by atoms with Crippen molar-refractivity contribution in [3.63, 3.8) is 0 Å². The second kappa shape index (κ2) is 4.73. The molecule has 0 fully saturated rings. The number of anilines is 1. The predicted octanol–water partition coefficient (Wildman–Crippen LogP) is -1.01. The maximum absolute atomic E-state index is 11.4. The van der Waals surface area contributed by atoms with Crippen LogP contribution in [0, 0.1) is 0 Å². The minimum absolute atomic E-state index is 0.142. The van der Waals surface area contributed by atoms with Crippen LogP contribution in [0.15, 0.2) is 22.1 Å². The van der Waals surface area contributed by atoms with E-state index in [1.165, 1.54) is 4.52 Å². The summed E-state index contributed by atoms with van der Waals surface area (Å²) in [6, 6.07) is 3.42. The van der Waals surface area contributed by atoms with Gasteiger partial charge in [-0.1, -0.05) is 5.16 Å².